The molecule has 2 aliphatic rings. The lowest BCUT2D eigenvalue weighted by atomic mass is 10.0. The quantitative estimate of drug-likeness (QED) is 0.421. The van der Waals surface area contributed by atoms with Gasteiger partial charge in [-0.25, -0.2) is 4.79 Å². The molecule has 1 fully saturated rings. The molecule has 0 aromatic rings. The molecule has 2 aliphatic heterocycles. The Morgan fingerprint density at radius 3 is 2.15 bits per heavy atom. The van der Waals surface area contributed by atoms with Crippen molar-refractivity contribution in [2.75, 3.05) is 5.75 Å². The van der Waals surface area contributed by atoms with Gasteiger partial charge in [0.2, 0.25) is 0 Å². The Labute approximate surface area is 153 Å². The van der Waals surface area contributed by atoms with Gasteiger partial charge in [0.15, 0.2) is 0 Å². The molecule has 2 heterocycles. The van der Waals surface area contributed by atoms with Crippen LogP contribution in [0.1, 0.15) is 20.8 Å². The molecule has 6 nitrogen and oxygen atoms in total. The Kier molecular flexibility index (Phi) is 5.23. The fourth-order valence-corrected chi connectivity index (χ4v) is 3.75. The highest BCUT2D eigenvalue weighted by molar-refractivity contribution is 8.00. The Balaban J connectivity index is 2.35. The highest BCUT2D eigenvalue weighted by Crippen LogP contribution is 2.45. The topological polar surface area (TPSA) is 75.7 Å². The van der Waals surface area contributed by atoms with Gasteiger partial charge in [-0.3, -0.25) is 14.5 Å². The molecule has 0 bridgehead atoms. The van der Waals surface area contributed by atoms with Crippen LogP contribution in [0.15, 0.2) is 11.3 Å². The molecular formula is C14H14F6N2O4S. The number of esters is 1. The van der Waals surface area contributed by atoms with E-state index in [2.05, 4.69) is 0 Å². The van der Waals surface area contributed by atoms with Crippen LogP contribution in [-0.2, 0) is 19.1 Å². The first-order valence-corrected chi connectivity index (χ1v) is 8.45. The predicted molar refractivity (Wildman–Crippen MR) is 80.0 cm³/mol. The molecule has 2 amide bonds. The van der Waals surface area contributed by atoms with Crippen LogP contribution in [0.2, 0.25) is 0 Å². The summed E-state index contributed by atoms with van der Waals surface area (Å²) < 4.78 is 81.8. The Morgan fingerprint density at radius 1 is 1.15 bits per heavy atom. The van der Waals surface area contributed by atoms with E-state index >= 15 is 0 Å². The Morgan fingerprint density at radius 2 is 1.70 bits per heavy atom. The summed E-state index contributed by atoms with van der Waals surface area (Å²) in [4.78, 5) is 35.8. The van der Waals surface area contributed by atoms with Crippen LogP contribution in [0.4, 0.5) is 26.3 Å². The van der Waals surface area contributed by atoms with E-state index in [9.17, 15) is 40.7 Å². The van der Waals surface area contributed by atoms with Crippen LogP contribution in [0.3, 0.4) is 0 Å². The number of nitrogens with one attached hydrogen (secondary N) is 1. The van der Waals surface area contributed by atoms with Crippen LogP contribution in [0.5, 0.6) is 0 Å². The number of carbonyl (C=O) groups is 3. The summed E-state index contributed by atoms with van der Waals surface area (Å²) in [6.07, 6.45) is -10.2. The minimum atomic E-state index is -5.26. The molecule has 152 valence electrons. The molecule has 0 aromatic carbocycles. The third-order valence-corrected chi connectivity index (χ3v) is 4.73. The molecule has 0 aliphatic carbocycles. The number of alkyl halides is 6. The number of thioether (sulfide) groups is 1. The molecule has 2 rings (SSSR count). The zero-order valence-electron chi connectivity index (χ0n) is 14.1. The largest absolute Gasteiger partial charge is 0.471 e. The van der Waals surface area contributed by atoms with Crippen LogP contribution >= 0.6 is 11.8 Å². The van der Waals surface area contributed by atoms with E-state index in [1.807, 2.05) is 0 Å². The van der Waals surface area contributed by atoms with Gasteiger partial charge >= 0.3 is 24.2 Å². The number of ether oxygens (including phenoxy) is 1. The summed E-state index contributed by atoms with van der Waals surface area (Å²) in [5.41, 5.74) is -3.56. The maximum atomic E-state index is 13.3. The molecule has 1 unspecified atom stereocenters. The van der Waals surface area contributed by atoms with E-state index in [4.69, 9.17) is 4.74 Å². The van der Waals surface area contributed by atoms with Crippen LogP contribution in [0, 0.1) is 0 Å². The van der Waals surface area contributed by atoms with Crippen molar-refractivity contribution in [3.63, 3.8) is 0 Å². The number of carbonyl (C=O) groups excluding carboxylic acids is 3. The Bertz CT molecular complexity index is 710. The number of β-lactam (4-membered cyclic amide) rings is 1. The van der Waals surface area contributed by atoms with Crippen molar-refractivity contribution in [3.8, 4) is 0 Å². The van der Waals surface area contributed by atoms with E-state index in [0.29, 0.717) is 16.7 Å². The van der Waals surface area contributed by atoms with Gasteiger partial charge in [0, 0.05) is 5.75 Å². The maximum Gasteiger partial charge on any atom is 0.471 e. The van der Waals surface area contributed by atoms with Crippen LogP contribution in [-0.4, -0.2) is 57.8 Å². The average Bonchev–Trinajstić information content (AvgIpc) is 2.46. The first-order chi connectivity index (χ1) is 12.0. The van der Waals surface area contributed by atoms with Gasteiger partial charge < -0.3 is 10.1 Å². The SMILES string of the molecule is CC(C)(C)OC(=O)C1=C(C(F)(F)F)CSC2[C@H](NC(=O)C(F)(F)F)C(=O)N12. The first kappa shape index (κ1) is 21.4. The van der Waals surface area contributed by atoms with Crippen LogP contribution < -0.4 is 5.32 Å². The van der Waals surface area contributed by atoms with Gasteiger partial charge in [0.1, 0.15) is 22.7 Å². The average molecular weight is 420 g/mol. The summed E-state index contributed by atoms with van der Waals surface area (Å²) in [6, 6.07) is -1.70. The number of halogens is 6. The standard InChI is InChI=1S/C14H14F6N2O4S/c1-12(2,3)26-10(24)7-5(13(15,16)17)4-27-9-6(8(23)22(7)9)21-11(25)14(18,19)20/h6,9H,4H2,1-3H3,(H,21,25)/t6-,9?/m1/s1. The van der Waals surface area contributed by atoms with Gasteiger partial charge in [-0.1, -0.05) is 0 Å². The fraction of sp³-hybridized carbons (Fsp3) is 0.643. The summed E-state index contributed by atoms with van der Waals surface area (Å²) >= 11 is 0.489. The molecule has 1 saturated heterocycles. The van der Waals surface area contributed by atoms with Crippen molar-refractivity contribution < 1.29 is 45.5 Å². The number of nitrogens with zero attached hydrogens (tertiary/aromatic N) is 1. The van der Waals surface area contributed by atoms with E-state index in [1.54, 1.807) is 0 Å². The molecule has 2 atom stereocenters. The molecular weight excluding hydrogens is 406 g/mol. The number of hydrogen-bond donors (Lipinski definition) is 1. The monoisotopic (exact) mass is 420 g/mol. The number of rotatable bonds is 2. The number of fused-ring (bicyclic) bond motifs is 1. The number of amides is 2. The lowest BCUT2D eigenvalue weighted by Gasteiger charge is -2.50. The molecule has 0 aromatic heterocycles. The molecule has 0 spiro atoms. The summed E-state index contributed by atoms with van der Waals surface area (Å²) in [5, 5.41) is 0.154. The molecule has 0 radical (unpaired) electrons. The van der Waals surface area contributed by atoms with Gasteiger partial charge in [-0.15, -0.1) is 11.8 Å². The molecule has 1 N–H and O–H groups in total. The van der Waals surface area contributed by atoms with Crippen molar-refractivity contribution in [2.45, 2.75) is 50.1 Å². The summed E-state index contributed by atoms with van der Waals surface area (Å²) in [7, 11) is 0. The molecule has 13 heteroatoms. The van der Waals surface area contributed by atoms with Gasteiger partial charge in [0.25, 0.3) is 5.91 Å². The van der Waals surface area contributed by atoms with E-state index in [0.717, 1.165) is 0 Å². The van der Waals surface area contributed by atoms with Crippen molar-refractivity contribution in [2.24, 2.45) is 0 Å². The van der Waals surface area contributed by atoms with E-state index in [1.165, 1.54) is 26.1 Å². The van der Waals surface area contributed by atoms with Crippen molar-refractivity contribution in [3.05, 3.63) is 11.3 Å². The lowest BCUT2D eigenvalue weighted by Crippen LogP contribution is -2.71. The minimum absolute atomic E-state index is 0.423. The van der Waals surface area contributed by atoms with Crippen molar-refractivity contribution in [1.82, 2.24) is 10.2 Å². The highest BCUT2D eigenvalue weighted by Gasteiger charge is 2.59. The second-order valence-corrected chi connectivity index (χ2v) is 7.79. The van der Waals surface area contributed by atoms with E-state index in [-0.39, 0.29) is 0 Å². The zero-order chi connectivity index (χ0) is 20.9. The predicted octanol–water partition coefficient (Wildman–Crippen LogP) is 2.11. The zero-order valence-corrected chi connectivity index (χ0v) is 14.9. The first-order valence-electron chi connectivity index (χ1n) is 7.40. The van der Waals surface area contributed by atoms with Gasteiger partial charge in [-0.2, -0.15) is 26.3 Å². The third kappa shape index (κ3) is 4.33. The molecule has 27 heavy (non-hydrogen) atoms. The Hall–Kier alpha value is -1.92. The lowest BCUT2D eigenvalue weighted by molar-refractivity contribution is -0.177. The second-order valence-electron chi connectivity index (χ2n) is 6.69. The summed E-state index contributed by atoms with van der Waals surface area (Å²) in [6.45, 7) is 4.20. The van der Waals surface area contributed by atoms with Crippen molar-refractivity contribution >= 4 is 29.5 Å². The summed E-state index contributed by atoms with van der Waals surface area (Å²) in [5.74, 6) is -5.86. The molecule has 0 saturated carbocycles. The van der Waals surface area contributed by atoms with E-state index < -0.39 is 64.2 Å². The van der Waals surface area contributed by atoms with Gasteiger partial charge in [-0.05, 0) is 20.8 Å². The minimum Gasteiger partial charge on any atom is -0.455 e. The van der Waals surface area contributed by atoms with Crippen molar-refractivity contribution in [1.29, 1.82) is 0 Å². The number of hydrogen-bond acceptors (Lipinski definition) is 5. The fourth-order valence-electron chi connectivity index (χ4n) is 2.37. The van der Waals surface area contributed by atoms with Gasteiger partial charge in [0.05, 0.1) is 5.57 Å². The normalized spacial score (nSPS) is 23.6. The van der Waals surface area contributed by atoms with Crippen LogP contribution in [0.25, 0.3) is 0 Å². The smallest absolute Gasteiger partial charge is 0.455 e. The second kappa shape index (κ2) is 6.60. The highest BCUT2D eigenvalue weighted by atomic mass is 32.2. The maximum absolute atomic E-state index is 13.3. The third-order valence-electron chi connectivity index (χ3n) is 3.45.